The quantitative estimate of drug-likeness (QED) is 0.0414. The standard InChI is InChI=1S/C7H8N2O.C6H7N3O.C6H4N2.3C2H6.CHI3.CH2I2.CH4.H3NO.V/c1-6(9-10)7-4-2-3-5-8-7;7-6(9-10)5-3-1-2-4-8-5;7-5-6-3-1-2-4-8-6;3*1-2;2-1(3)4;2-1-3;;1-2;/h2-5,10H,1H3;1-4,10H,(H2,7,9);1-4H;3*1-2H3;1H;1H2;1H4;2H,1H2;. The molecule has 45 heavy (non-hydrogen) atoms. The molecule has 7 N–H and O–H groups in total. The Morgan fingerprint density at radius 3 is 1.33 bits per heavy atom. The van der Waals surface area contributed by atoms with E-state index in [9.17, 15) is 0 Å². The van der Waals surface area contributed by atoms with Crippen LogP contribution in [0.5, 0.6) is 0 Å². The van der Waals surface area contributed by atoms with Gasteiger partial charge in [0.05, 0.1) is 8.13 Å². The third-order valence-corrected chi connectivity index (χ3v) is 3.00. The predicted octanol–water partition coefficient (Wildman–Crippen LogP) is 9.84. The summed E-state index contributed by atoms with van der Waals surface area (Å²) in [5.41, 5.74) is 7.40. The first kappa shape index (κ1) is 63.5. The zero-order valence-electron chi connectivity index (χ0n) is 25.7. The van der Waals surface area contributed by atoms with Gasteiger partial charge in [-0.25, -0.2) is 10.9 Å². The molecule has 1 radical (unpaired) electrons. The normalized spacial score (nSPS) is 8.22. The Labute approximate surface area is 350 Å². The van der Waals surface area contributed by atoms with E-state index in [0.29, 0.717) is 22.8 Å². The third-order valence-electron chi connectivity index (χ3n) is 3.00. The third kappa shape index (κ3) is 53.6. The minimum atomic E-state index is 0. The number of halogens is 5. The van der Waals surface area contributed by atoms with Crippen molar-refractivity contribution in [3.63, 3.8) is 0 Å². The van der Waals surface area contributed by atoms with Crippen molar-refractivity contribution in [2.45, 2.75) is 55.8 Å². The number of hydrogen-bond acceptors (Lipinski definition) is 10. The largest absolute Gasteiger partial charge is 0.411 e. The van der Waals surface area contributed by atoms with Gasteiger partial charge in [0, 0.05) is 37.1 Å². The number of amidine groups is 1. The average Bonchev–Trinajstić information content (AvgIpc) is 3.09. The van der Waals surface area contributed by atoms with Gasteiger partial charge in [-0.2, -0.15) is 5.26 Å². The van der Waals surface area contributed by atoms with Crippen LogP contribution in [0, 0.1) is 11.3 Å². The van der Waals surface area contributed by atoms with Gasteiger partial charge in [-0.15, -0.1) is 0 Å². The summed E-state index contributed by atoms with van der Waals surface area (Å²) in [4.78, 5) is 11.5. The van der Waals surface area contributed by atoms with Gasteiger partial charge in [0.2, 0.25) is 0 Å². The summed E-state index contributed by atoms with van der Waals surface area (Å²) >= 11 is 11.5. The van der Waals surface area contributed by atoms with Crippen LogP contribution in [-0.4, -0.2) is 44.5 Å². The average molecular weight is 1230 g/mol. The molecule has 0 fully saturated rings. The second kappa shape index (κ2) is 59.3. The van der Waals surface area contributed by atoms with Crippen LogP contribution in [0.25, 0.3) is 0 Å². The van der Waals surface area contributed by atoms with Crippen molar-refractivity contribution >= 4 is 125 Å². The van der Waals surface area contributed by atoms with Gasteiger partial charge in [-0.1, -0.05) is 190 Å². The molecule has 0 saturated carbocycles. The molecule has 0 amide bonds. The van der Waals surface area contributed by atoms with Gasteiger partial charge >= 0.3 is 0 Å². The monoisotopic (exact) mass is 1230 g/mol. The van der Waals surface area contributed by atoms with Crippen LogP contribution in [0.15, 0.2) is 83.5 Å². The van der Waals surface area contributed by atoms with E-state index >= 15 is 0 Å². The summed E-state index contributed by atoms with van der Waals surface area (Å²) in [6.07, 6.45) is 4.83. The summed E-state index contributed by atoms with van der Waals surface area (Å²) in [5.74, 6) is 3.53. The van der Waals surface area contributed by atoms with Crippen molar-refractivity contribution in [1.29, 1.82) is 5.26 Å². The van der Waals surface area contributed by atoms with Crippen LogP contribution in [0.2, 0.25) is 0 Å². The molecule has 0 saturated heterocycles. The Hall–Kier alpha value is -0.166. The van der Waals surface area contributed by atoms with Crippen molar-refractivity contribution in [3.8, 4) is 6.07 Å². The van der Waals surface area contributed by atoms with Crippen molar-refractivity contribution in [3.05, 3.63) is 90.3 Å². The molecule has 3 rings (SSSR count). The van der Waals surface area contributed by atoms with E-state index in [-0.39, 0.29) is 31.8 Å². The van der Waals surface area contributed by atoms with Gasteiger partial charge in [-0.3, -0.25) is 9.97 Å². The zero-order valence-corrected chi connectivity index (χ0v) is 37.9. The minimum absolute atomic E-state index is 0. The van der Waals surface area contributed by atoms with Gasteiger partial charge < -0.3 is 21.4 Å². The molecule has 17 heteroatoms. The zero-order chi connectivity index (χ0) is 34.9. The number of aromatic nitrogens is 3. The minimum Gasteiger partial charge on any atom is -0.411 e. The Morgan fingerprint density at radius 1 is 0.778 bits per heavy atom. The van der Waals surface area contributed by atoms with Crippen molar-refractivity contribution < 1.29 is 34.2 Å². The molecular formula is C28H47I5N8O3V. The first-order valence-corrected chi connectivity index (χ1v) is 19.2. The summed E-state index contributed by atoms with van der Waals surface area (Å²) in [6, 6.07) is 17.8. The van der Waals surface area contributed by atoms with Crippen LogP contribution in [0.1, 0.15) is 73.0 Å². The second-order valence-electron chi connectivity index (χ2n) is 5.28. The van der Waals surface area contributed by atoms with Crippen molar-refractivity contribution in [2.75, 3.05) is 2.43 Å². The number of alkyl halides is 5. The number of hydrogen-bond donors (Lipinski definition) is 5. The molecule has 257 valence electrons. The SMILES string of the molecule is C.CC.CC.CC.CC(=NO)c1ccccn1.IC(I)I.ICI.N#Cc1ccccn1.NC(=NO)c1ccccn1.NO.[V]. The Kier molecular flexibility index (Phi) is 83.6. The molecule has 0 atom stereocenters. The molecule has 0 aliphatic heterocycles. The molecule has 3 heterocycles. The van der Waals surface area contributed by atoms with E-state index in [1.807, 2.05) is 59.7 Å². The fourth-order valence-electron chi connectivity index (χ4n) is 1.62. The van der Waals surface area contributed by atoms with Crippen LogP contribution in [-0.2, 0) is 18.6 Å². The molecule has 0 bridgehead atoms. The first-order chi connectivity index (χ1) is 20.8. The molecule has 11 nitrogen and oxygen atoms in total. The second-order valence-corrected chi connectivity index (χ2v) is 20.6. The molecule has 3 aromatic rings. The van der Waals surface area contributed by atoms with E-state index in [1.165, 1.54) is 2.43 Å². The van der Waals surface area contributed by atoms with Crippen LogP contribution in [0.4, 0.5) is 0 Å². The Bertz CT molecular complexity index is 953. The number of rotatable bonds is 2. The molecule has 0 aliphatic rings. The molecular weight excluding hydrogens is 1180 g/mol. The number of nitriles is 1. The topological polar surface area (TPSA) is 200 Å². The fraction of sp³-hybridized carbons (Fsp3) is 0.357. The van der Waals surface area contributed by atoms with Crippen LogP contribution >= 0.6 is 113 Å². The number of pyridine rings is 3. The summed E-state index contributed by atoms with van der Waals surface area (Å²) < 4.78 is 1.93. The van der Waals surface area contributed by atoms with E-state index in [0.717, 1.165) is -0.0619 Å². The number of nitrogens with zero attached hydrogens (tertiary/aromatic N) is 6. The van der Waals surface area contributed by atoms with E-state index in [2.05, 4.69) is 144 Å². The maximum absolute atomic E-state index is 8.34. The van der Waals surface area contributed by atoms with Crippen LogP contribution in [0.3, 0.4) is 0 Å². The molecule has 3 aromatic heterocycles. The number of nitrogens with two attached hydrogens (primary N) is 2. The maximum Gasteiger partial charge on any atom is 0.188 e. The van der Waals surface area contributed by atoms with Gasteiger partial charge in [-0.05, 0) is 43.3 Å². The van der Waals surface area contributed by atoms with E-state index < -0.39 is 0 Å². The Morgan fingerprint density at radius 2 is 1.11 bits per heavy atom. The van der Waals surface area contributed by atoms with E-state index in [1.54, 1.807) is 68.0 Å². The number of oxime groups is 2. The molecule has 0 aliphatic carbocycles. The predicted molar refractivity (Wildman–Crippen MR) is 229 cm³/mol. The van der Waals surface area contributed by atoms with Gasteiger partial charge in [0.1, 0.15) is 23.1 Å². The van der Waals surface area contributed by atoms with Crippen molar-refractivity contribution in [1.82, 2.24) is 15.0 Å². The fourth-order valence-corrected chi connectivity index (χ4v) is 1.62. The Balaban J connectivity index is -0.0000000618. The molecule has 0 aromatic carbocycles. The van der Waals surface area contributed by atoms with Gasteiger partial charge in [0.25, 0.3) is 0 Å². The molecule has 0 spiro atoms. The molecule has 0 unspecified atom stereocenters. The summed E-state index contributed by atoms with van der Waals surface area (Å²) in [7, 11) is 0. The smallest absolute Gasteiger partial charge is 0.188 e. The van der Waals surface area contributed by atoms with Crippen LogP contribution < -0.4 is 11.6 Å². The first-order valence-electron chi connectivity index (χ1n) is 12.4. The summed E-state index contributed by atoms with van der Waals surface area (Å²) in [5, 5.41) is 37.1. The maximum atomic E-state index is 8.34. The summed E-state index contributed by atoms with van der Waals surface area (Å²) in [6.45, 7) is 13.7. The van der Waals surface area contributed by atoms with Crippen molar-refractivity contribution in [2.24, 2.45) is 21.9 Å². The van der Waals surface area contributed by atoms with E-state index in [4.69, 9.17) is 26.6 Å². The van der Waals surface area contributed by atoms with Gasteiger partial charge in [0.15, 0.2) is 5.84 Å².